The summed E-state index contributed by atoms with van der Waals surface area (Å²) >= 11 is 0. The lowest BCUT2D eigenvalue weighted by atomic mass is 9.87. The van der Waals surface area contributed by atoms with Crippen LogP contribution in [-0.2, 0) is 5.41 Å². The summed E-state index contributed by atoms with van der Waals surface area (Å²) in [4.78, 5) is 15.7. The van der Waals surface area contributed by atoms with Gasteiger partial charge in [0.15, 0.2) is 11.5 Å². The maximum Gasteiger partial charge on any atom is 0.358 e. The third-order valence-corrected chi connectivity index (χ3v) is 4.02. The zero-order valence-corrected chi connectivity index (χ0v) is 14.7. The van der Waals surface area contributed by atoms with Gasteiger partial charge in [-0.05, 0) is 41.7 Å². The van der Waals surface area contributed by atoms with Crippen molar-refractivity contribution in [3.63, 3.8) is 0 Å². The number of pyridine rings is 1. The van der Waals surface area contributed by atoms with Gasteiger partial charge < -0.3 is 5.11 Å². The highest BCUT2D eigenvalue weighted by atomic mass is 16.4. The molecule has 6 nitrogen and oxygen atoms in total. The second kappa shape index (κ2) is 6.12. The number of rotatable bonds is 3. The first-order chi connectivity index (χ1) is 11.8. The number of azo groups is 1. The summed E-state index contributed by atoms with van der Waals surface area (Å²) in [6, 6.07) is 11.5. The molecule has 0 amide bonds. The summed E-state index contributed by atoms with van der Waals surface area (Å²) in [6.45, 7) is 8.30. The Bertz CT molecular complexity index is 963. The standard InChI is InChI=1S/C19H20N4O2/c1-12-6-5-11-23-16(12)20-15(18(24)25)17(23)22-21-14-9-7-13(8-10-14)19(2,3)4/h5-11H,1-4H3,(H,24,25). The summed E-state index contributed by atoms with van der Waals surface area (Å²) in [5.41, 5.74) is 3.25. The molecule has 2 heterocycles. The molecule has 0 fully saturated rings. The minimum Gasteiger partial charge on any atom is -0.476 e. The van der Waals surface area contributed by atoms with Crippen LogP contribution in [0.25, 0.3) is 5.65 Å². The molecule has 0 unspecified atom stereocenters. The van der Waals surface area contributed by atoms with E-state index in [4.69, 9.17) is 0 Å². The van der Waals surface area contributed by atoms with Gasteiger partial charge in [-0.15, -0.1) is 10.2 Å². The highest BCUT2D eigenvalue weighted by Crippen LogP contribution is 2.27. The van der Waals surface area contributed by atoms with Crippen molar-refractivity contribution in [3.8, 4) is 0 Å². The monoisotopic (exact) mass is 336 g/mol. The minimum absolute atomic E-state index is 0.0608. The number of benzene rings is 1. The van der Waals surface area contributed by atoms with Crippen LogP contribution in [-0.4, -0.2) is 20.5 Å². The van der Waals surface area contributed by atoms with Crippen LogP contribution >= 0.6 is 0 Å². The number of aryl methyl sites for hydroxylation is 1. The van der Waals surface area contributed by atoms with Crippen LogP contribution in [0.1, 0.15) is 42.4 Å². The van der Waals surface area contributed by atoms with Crippen LogP contribution in [0, 0.1) is 6.92 Å². The van der Waals surface area contributed by atoms with Crippen LogP contribution in [0.2, 0.25) is 0 Å². The Kier molecular flexibility index (Phi) is 4.12. The normalized spacial score (nSPS) is 12.2. The number of fused-ring (bicyclic) bond motifs is 1. The highest BCUT2D eigenvalue weighted by Gasteiger charge is 2.19. The highest BCUT2D eigenvalue weighted by molar-refractivity contribution is 5.92. The Morgan fingerprint density at radius 1 is 1.12 bits per heavy atom. The molecule has 1 N–H and O–H groups in total. The number of carbonyl (C=O) groups is 1. The maximum absolute atomic E-state index is 11.5. The Hall–Kier alpha value is -3.02. The van der Waals surface area contributed by atoms with Gasteiger partial charge >= 0.3 is 5.97 Å². The SMILES string of the molecule is Cc1cccn2c(N=Nc3ccc(C(C)(C)C)cc3)c(C(=O)O)nc12. The molecule has 0 saturated heterocycles. The van der Waals surface area contributed by atoms with Crippen molar-refractivity contribution < 1.29 is 9.90 Å². The third-order valence-electron chi connectivity index (χ3n) is 4.02. The van der Waals surface area contributed by atoms with Crippen molar-refractivity contribution in [1.82, 2.24) is 9.38 Å². The number of hydrogen-bond acceptors (Lipinski definition) is 4. The first-order valence-electron chi connectivity index (χ1n) is 8.00. The van der Waals surface area contributed by atoms with E-state index in [1.807, 2.05) is 43.3 Å². The number of carboxylic acids is 1. The van der Waals surface area contributed by atoms with Crippen LogP contribution < -0.4 is 0 Å². The van der Waals surface area contributed by atoms with Gasteiger partial charge in [0.1, 0.15) is 5.65 Å². The minimum atomic E-state index is -1.12. The number of hydrogen-bond donors (Lipinski definition) is 1. The zero-order chi connectivity index (χ0) is 18.2. The first-order valence-corrected chi connectivity index (χ1v) is 8.00. The summed E-state index contributed by atoms with van der Waals surface area (Å²) in [7, 11) is 0. The number of nitrogens with zero attached hydrogens (tertiary/aromatic N) is 4. The topological polar surface area (TPSA) is 79.3 Å². The van der Waals surface area contributed by atoms with Crippen molar-refractivity contribution >= 4 is 23.1 Å². The van der Waals surface area contributed by atoms with Gasteiger partial charge in [0.05, 0.1) is 5.69 Å². The molecule has 25 heavy (non-hydrogen) atoms. The summed E-state index contributed by atoms with van der Waals surface area (Å²) < 4.78 is 1.64. The zero-order valence-electron chi connectivity index (χ0n) is 14.7. The Morgan fingerprint density at radius 3 is 2.40 bits per heavy atom. The molecule has 3 rings (SSSR count). The van der Waals surface area contributed by atoms with Gasteiger partial charge in [0.2, 0.25) is 0 Å². The van der Waals surface area contributed by atoms with Crippen molar-refractivity contribution in [2.75, 3.05) is 0 Å². The Labute approximate surface area is 145 Å². The second-order valence-electron chi connectivity index (χ2n) is 6.97. The van der Waals surface area contributed by atoms with Crippen molar-refractivity contribution in [2.45, 2.75) is 33.1 Å². The van der Waals surface area contributed by atoms with Crippen molar-refractivity contribution in [2.24, 2.45) is 10.2 Å². The van der Waals surface area contributed by atoms with Crippen LogP contribution in [0.4, 0.5) is 11.5 Å². The van der Waals surface area contributed by atoms with E-state index in [0.717, 1.165) is 5.56 Å². The average molecular weight is 336 g/mol. The fourth-order valence-corrected chi connectivity index (χ4v) is 2.56. The van der Waals surface area contributed by atoms with E-state index in [2.05, 4.69) is 36.0 Å². The smallest absolute Gasteiger partial charge is 0.358 e. The number of aromatic nitrogens is 2. The lowest BCUT2D eigenvalue weighted by molar-refractivity contribution is 0.0692. The van der Waals surface area contributed by atoms with Gasteiger partial charge in [-0.2, -0.15) is 0 Å². The van der Waals surface area contributed by atoms with E-state index in [9.17, 15) is 9.90 Å². The van der Waals surface area contributed by atoms with Gasteiger partial charge in [-0.1, -0.05) is 39.0 Å². The third kappa shape index (κ3) is 3.28. The van der Waals surface area contributed by atoms with Crippen LogP contribution in [0.3, 0.4) is 0 Å². The van der Waals surface area contributed by atoms with E-state index in [0.29, 0.717) is 11.3 Å². The molecule has 0 aliphatic heterocycles. The molecule has 0 bridgehead atoms. The number of carboxylic acid groups (broad SMARTS) is 1. The number of aromatic carboxylic acids is 1. The summed E-state index contributed by atoms with van der Waals surface area (Å²) in [5, 5.41) is 17.8. The van der Waals surface area contributed by atoms with E-state index in [1.165, 1.54) is 5.56 Å². The summed E-state index contributed by atoms with van der Waals surface area (Å²) in [5.74, 6) is -0.911. The molecule has 1 aromatic carbocycles. The number of imidazole rings is 1. The van der Waals surface area contributed by atoms with Crippen LogP contribution in [0.5, 0.6) is 0 Å². The predicted octanol–water partition coefficient (Wildman–Crippen LogP) is 5.05. The molecule has 0 spiro atoms. The molecule has 0 aliphatic rings. The molecule has 6 heteroatoms. The summed E-state index contributed by atoms with van der Waals surface area (Å²) in [6.07, 6.45) is 1.73. The molecule has 128 valence electrons. The fraction of sp³-hybridized carbons (Fsp3) is 0.263. The van der Waals surface area contributed by atoms with Gasteiger partial charge in [0, 0.05) is 6.20 Å². The lowest BCUT2D eigenvalue weighted by Gasteiger charge is -2.18. The predicted molar refractivity (Wildman–Crippen MR) is 96.2 cm³/mol. The van der Waals surface area contributed by atoms with Crippen molar-refractivity contribution in [1.29, 1.82) is 0 Å². The van der Waals surface area contributed by atoms with E-state index in [1.54, 1.807) is 10.6 Å². The lowest BCUT2D eigenvalue weighted by Crippen LogP contribution is -2.10. The van der Waals surface area contributed by atoms with Crippen molar-refractivity contribution in [3.05, 3.63) is 59.4 Å². The second-order valence-corrected chi connectivity index (χ2v) is 6.97. The van der Waals surface area contributed by atoms with Gasteiger partial charge in [-0.3, -0.25) is 4.40 Å². The Morgan fingerprint density at radius 2 is 1.80 bits per heavy atom. The van der Waals surface area contributed by atoms with Crippen LogP contribution in [0.15, 0.2) is 52.8 Å². The molecular weight excluding hydrogens is 316 g/mol. The van der Waals surface area contributed by atoms with Gasteiger partial charge in [-0.25, -0.2) is 9.78 Å². The quantitative estimate of drug-likeness (QED) is 0.679. The largest absolute Gasteiger partial charge is 0.476 e. The fourth-order valence-electron chi connectivity index (χ4n) is 2.56. The Balaban J connectivity index is 2.02. The molecular formula is C19H20N4O2. The van der Waals surface area contributed by atoms with E-state index in [-0.39, 0.29) is 16.9 Å². The average Bonchev–Trinajstić information content (AvgIpc) is 2.93. The molecule has 0 saturated carbocycles. The molecule has 0 atom stereocenters. The maximum atomic E-state index is 11.5. The van der Waals surface area contributed by atoms with Gasteiger partial charge in [0.25, 0.3) is 0 Å². The molecule has 2 aromatic heterocycles. The van der Waals surface area contributed by atoms with E-state index < -0.39 is 5.97 Å². The molecule has 0 radical (unpaired) electrons. The first kappa shape index (κ1) is 16.8. The molecule has 0 aliphatic carbocycles. The molecule has 3 aromatic rings. The van der Waals surface area contributed by atoms with E-state index >= 15 is 0 Å².